The van der Waals surface area contributed by atoms with Crippen molar-refractivity contribution in [2.75, 3.05) is 0 Å². The lowest BCUT2D eigenvalue weighted by molar-refractivity contribution is -0.131. The van der Waals surface area contributed by atoms with Crippen molar-refractivity contribution in [1.29, 1.82) is 0 Å². The average Bonchev–Trinajstić information content (AvgIpc) is 2.55. The van der Waals surface area contributed by atoms with Crippen molar-refractivity contribution in [2.24, 2.45) is 23.2 Å². The predicted octanol–water partition coefficient (Wildman–Crippen LogP) is 2.65. The summed E-state index contributed by atoms with van der Waals surface area (Å²) in [5.41, 5.74) is 0.0307. The van der Waals surface area contributed by atoms with Gasteiger partial charge in [-0.1, -0.05) is 13.8 Å². The van der Waals surface area contributed by atoms with Crippen LogP contribution < -0.4 is 0 Å². The minimum atomic E-state index is 0.0307. The fraction of sp³-hybridized carbons (Fsp3) is 0.909. The highest BCUT2D eigenvalue weighted by Gasteiger charge is 2.55. The standard InChI is InChI=1S/C11H18O/c1-7-9-4-5-10(6-9)11(7,3)8(2)12/h7,9-10H,4-6H2,1-3H3/t7-,9+,10-,11-/m1/s1. The number of Topliss-reactive ketones (excluding diaryl/α,β-unsaturated/α-hetero) is 1. The number of rotatable bonds is 1. The zero-order valence-electron chi connectivity index (χ0n) is 8.26. The van der Waals surface area contributed by atoms with Gasteiger partial charge in [-0.05, 0) is 43.9 Å². The third-order valence-corrected chi connectivity index (χ3v) is 4.73. The van der Waals surface area contributed by atoms with Gasteiger partial charge in [-0.2, -0.15) is 0 Å². The number of carbonyl (C=O) groups excluding carboxylic acids is 1. The third kappa shape index (κ3) is 0.773. The van der Waals surface area contributed by atoms with E-state index in [0.717, 1.165) is 5.92 Å². The molecule has 12 heavy (non-hydrogen) atoms. The van der Waals surface area contributed by atoms with Gasteiger partial charge >= 0.3 is 0 Å². The van der Waals surface area contributed by atoms with Crippen molar-refractivity contribution in [3.63, 3.8) is 0 Å². The van der Waals surface area contributed by atoms with Crippen LogP contribution in [0.3, 0.4) is 0 Å². The van der Waals surface area contributed by atoms with E-state index < -0.39 is 0 Å². The van der Waals surface area contributed by atoms with Crippen molar-refractivity contribution in [2.45, 2.75) is 40.0 Å². The van der Waals surface area contributed by atoms with E-state index in [1.54, 1.807) is 6.92 Å². The summed E-state index contributed by atoms with van der Waals surface area (Å²) < 4.78 is 0. The molecule has 0 aromatic carbocycles. The normalized spacial score (nSPS) is 51.4. The number of ketones is 1. The number of carbonyl (C=O) groups is 1. The van der Waals surface area contributed by atoms with Crippen LogP contribution in [0.1, 0.15) is 40.0 Å². The zero-order valence-corrected chi connectivity index (χ0v) is 8.26. The molecule has 0 spiro atoms. The van der Waals surface area contributed by atoms with Crippen LogP contribution in [-0.2, 0) is 4.79 Å². The maximum Gasteiger partial charge on any atom is 0.136 e. The molecule has 68 valence electrons. The first-order valence-corrected chi connectivity index (χ1v) is 5.08. The maximum absolute atomic E-state index is 11.6. The fourth-order valence-electron chi connectivity index (χ4n) is 3.48. The minimum Gasteiger partial charge on any atom is -0.299 e. The predicted molar refractivity (Wildman–Crippen MR) is 48.8 cm³/mol. The zero-order chi connectivity index (χ0) is 8.93. The Morgan fingerprint density at radius 2 is 2.08 bits per heavy atom. The second kappa shape index (κ2) is 2.34. The molecule has 2 aliphatic rings. The first-order chi connectivity index (χ1) is 5.56. The molecule has 2 saturated carbocycles. The van der Waals surface area contributed by atoms with Gasteiger partial charge in [-0.15, -0.1) is 0 Å². The van der Waals surface area contributed by atoms with E-state index in [0.29, 0.717) is 17.6 Å². The number of fused-ring (bicyclic) bond motifs is 2. The topological polar surface area (TPSA) is 17.1 Å². The summed E-state index contributed by atoms with van der Waals surface area (Å²) in [4.78, 5) is 11.6. The van der Waals surface area contributed by atoms with Gasteiger partial charge in [0, 0.05) is 5.41 Å². The van der Waals surface area contributed by atoms with Crippen LogP contribution in [-0.4, -0.2) is 5.78 Å². The van der Waals surface area contributed by atoms with Crippen molar-refractivity contribution in [1.82, 2.24) is 0 Å². The van der Waals surface area contributed by atoms with E-state index in [1.165, 1.54) is 19.3 Å². The summed E-state index contributed by atoms with van der Waals surface area (Å²) in [7, 11) is 0. The molecule has 0 N–H and O–H groups in total. The summed E-state index contributed by atoms with van der Waals surface area (Å²) in [6.07, 6.45) is 3.98. The first kappa shape index (κ1) is 8.28. The van der Waals surface area contributed by atoms with E-state index >= 15 is 0 Å². The van der Waals surface area contributed by atoms with Crippen LogP contribution in [0, 0.1) is 23.2 Å². The van der Waals surface area contributed by atoms with Gasteiger partial charge in [0.25, 0.3) is 0 Å². The summed E-state index contributed by atoms with van der Waals surface area (Å²) in [6.45, 7) is 6.23. The SMILES string of the molecule is CC(=O)[C@]1(C)[C@@H]2CC[C@@H](C2)[C@H]1C. The Morgan fingerprint density at radius 1 is 1.42 bits per heavy atom. The largest absolute Gasteiger partial charge is 0.299 e. The summed E-state index contributed by atoms with van der Waals surface area (Å²) >= 11 is 0. The van der Waals surface area contributed by atoms with E-state index in [-0.39, 0.29) is 5.41 Å². The van der Waals surface area contributed by atoms with Crippen LogP contribution in [0.2, 0.25) is 0 Å². The molecule has 0 aliphatic heterocycles. The smallest absolute Gasteiger partial charge is 0.136 e. The number of hydrogen-bond acceptors (Lipinski definition) is 1. The van der Waals surface area contributed by atoms with Gasteiger partial charge in [0.2, 0.25) is 0 Å². The molecule has 0 amide bonds. The van der Waals surface area contributed by atoms with Crippen molar-refractivity contribution in [3.8, 4) is 0 Å². The molecule has 1 nitrogen and oxygen atoms in total. The van der Waals surface area contributed by atoms with Gasteiger partial charge in [0.15, 0.2) is 0 Å². The van der Waals surface area contributed by atoms with Crippen LogP contribution in [0.25, 0.3) is 0 Å². The Labute approximate surface area is 74.5 Å². The highest BCUT2D eigenvalue weighted by atomic mass is 16.1. The van der Waals surface area contributed by atoms with Crippen LogP contribution in [0.15, 0.2) is 0 Å². The lowest BCUT2D eigenvalue weighted by Crippen LogP contribution is -2.38. The molecule has 1 heteroatoms. The summed E-state index contributed by atoms with van der Waals surface area (Å²) in [6, 6.07) is 0. The third-order valence-electron chi connectivity index (χ3n) is 4.73. The Morgan fingerprint density at radius 3 is 2.42 bits per heavy atom. The van der Waals surface area contributed by atoms with Gasteiger partial charge in [-0.3, -0.25) is 4.79 Å². The molecule has 2 aliphatic carbocycles. The van der Waals surface area contributed by atoms with E-state index in [9.17, 15) is 4.79 Å². The molecule has 2 fully saturated rings. The highest BCUT2D eigenvalue weighted by Crippen LogP contribution is 2.59. The van der Waals surface area contributed by atoms with E-state index in [4.69, 9.17) is 0 Å². The minimum absolute atomic E-state index is 0.0307. The average molecular weight is 166 g/mol. The van der Waals surface area contributed by atoms with Crippen molar-refractivity contribution < 1.29 is 4.79 Å². The highest BCUT2D eigenvalue weighted by molar-refractivity contribution is 5.83. The quantitative estimate of drug-likeness (QED) is 0.585. The van der Waals surface area contributed by atoms with Crippen molar-refractivity contribution in [3.05, 3.63) is 0 Å². The second-order valence-corrected chi connectivity index (χ2v) is 4.90. The van der Waals surface area contributed by atoms with Crippen LogP contribution in [0.5, 0.6) is 0 Å². The lowest BCUT2D eigenvalue weighted by Gasteiger charge is -2.37. The lowest BCUT2D eigenvalue weighted by atomic mass is 9.66. The van der Waals surface area contributed by atoms with E-state index in [2.05, 4.69) is 13.8 Å². The van der Waals surface area contributed by atoms with Crippen LogP contribution >= 0.6 is 0 Å². The van der Waals surface area contributed by atoms with Gasteiger partial charge < -0.3 is 0 Å². The summed E-state index contributed by atoms with van der Waals surface area (Å²) in [5.74, 6) is 2.61. The van der Waals surface area contributed by atoms with Crippen LogP contribution in [0.4, 0.5) is 0 Å². The van der Waals surface area contributed by atoms with E-state index in [1.807, 2.05) is 0 Å². The maximum atomic E-state index is 11.6. The molecule has 0 radical (unpaired) electrons. The molecule has 0 aromatic rings. The molecule has 0 unspecified atom stereocenters. The Bertz CT molecular complexity index is 217. The molecular formula is C11H18O. The number of hydrogen-bond donors (Lipinski definition) is 0. The monoisotopic (exact) mass is 166 g/mol. The molecule has 4 atom stereocenters. The molecule has 0 heterocycles. The van der Waals surface area contributed by atoms with Crippen molar-refractivity contribution >= 4 is 5.78 Å². The van der Waals surface area contributed by atoms with Gasteiger partial charge in [-0.25, -0.2) is 0 Å². The Hall–Kier alpha value is -0.330. The molecule has 0 aromatic heterocycles. The summed E-state index contributed by atoms with van der Waals surface area (Å²) in [5, 5.41) is 0. The first-order valence-electron chi connectivity index (χ1n) is 5.08. The fourth-order valence-corrected chi connectivity index (χ4v) is 3.48. The molecule has 2 rings (SSSR count). The van der Waals surface area contributed by atoms with Gasteiger partial charge in [0.05, 0.1) is 0 Å². The van der Waals surface area contributed by atoms with Gasteiger partial charge in [0.1, 0.15) is 5.78 Å². The molecule has 2 bridgehead atoms. The molecular weight excluding hydrogens is 148 g/mol. The molecule has 0 saturated heterocycles. The second-order valence-electron chi connectivity index (χ2n) is 4.90. The Kier molecular flexibility index (Phi) is 1.61. The Balaban J connectivity index is 2.32.